The molecule has 0 fully saturated rings. The molecule has 0 radical (unpaired) electrons. The second-order valence-electron chi connectivity index (χ2n) is 3.12. The van der Waals surface area contributed by atoms with Crippen LogP contribution in [0.3, 0.4) is 0 Å². The van der Waals surface area contributed by atoms with Crippen LogP contribution in [0.4, 0.5) is 0 Å². The SMILES string of the molecule is CCCC/N=C/c1ccc(C#N)cc1. The van der Waals surface area contributed by atoms with Gasteiger partial charge in [0.15, 0.2) is 0 Å². The fourth-order valence-corrected chi connectivity index (χ4v) is 1.06. The Kier molecular flexibility index (Phi) is 4.43. The van der Waals surface area contributed by atoms with Crippen molar-refractivity contribution in [1.82, 2.24) is 0 Å². The van der Waals surface area contributed by atoms with E-state index in [-0.39, 0.29) is 0 Å². The van der Waals surface area contributed by atoms with E-state index in [2.05, 4.69) is 18.0 Å². The Hall–Kier alpha value is -1.62. The molecule has 0 N–H and O–H groups in total. The molecule has 0 aliphatic heterocycles. The number of rotatable bonds is 4. The van der Waals surface area contributed by atoms with Gasteiger partial charge in [0.25, 0.3) is 0 Å². The topological polar surface area (TPSA) is 36.1 Å². The van der Waals surface area contributed by atoms with Crippen LogP contribution >= 0.6 is 0 Å². The molecule has 0 saturated carbocycles. The lowest BCUT2D eigenvalue weighted by atomic mass is 10.2. The zero-order valence-corrected chi connectivity index (χ0v) is 8.40. The van der Waals surface area contributed by atoms with Gasteiger partial charge >= 0.3 is 0 Å². The normalized spacial score (nSPS) is 10.3. The second-order valence-corrected chi connectivity index (χ2v) is 3.12. The molecule has 0 unspecified atom stereocenters. The summed E-state index contributed by atoms with van der Waals surface area (Å²) < 4.78 is 0. The highest BCUT2D eigenvalue weighted by Crippen LogP contribution is 2.00. The van der Waals surface area contributed by atoms with Crippen molar-refractivity contribution in [3.8, 4) is 6.07 Å². The van der Waals surface area contributed by atoms with Crippen molar-refractivity contribution in [3.63, 3.8) is 0 Å². The van der Waals surface area contributed by atoms with E-state index in [0.29, 0.717) is 5.56 Å². The molecule has 0 amide bonds. The minimum Gasteiger partial charge on any atom is -0.293 e. The lowest BCUT2D eigenvalue weighted by Gasteiger charge is -1.93. The Morgan fingerprint density at radius 2 is 2.07 bits per heavy atom. The quantitative estimate of drug-likeness (QED) is 0.526. The van der Waals surface area contributed by atoms with Crippen LogP contribution in [-0.4, -0.2) is 12.8 Å². The molecule has 72 valence electrons. The monoisotopic (exact) mass is 186 g/mol. The first-order valence-corrected chi connectivity index (χ1v) is 4.87. The summed E-state index contributed by atoms with van der Waals surface area (Å²) in [6.07, 6.45) is 4.16. The Morgan fingerprint density at radius 3 is 2.64 bits per heavy atom. The first-order chi connectivity index (χ1) is 6.86. The highest BCUT2D eigenvalue weighted by molar-refractivity contribution is 5.79. The molecule has 1 aromatic carbocycles. The zero-order valence-electron chi connectivity index (χ0n) is 8.40. The van der Waals surface area contributed by atoms with Crippen molar-refractivity contribution in [2.75, 3.05) is 6.54 Å². The van der Waals surface area contributed by atoms with E-state index in [0.717, 1.165) is 18.5 Å². The van der Waals surface area contributed by atoms with Crippen LogP contribution in [0.25, 0.3) is 0 Å². The van der Waals surface area contributed by atoms with Gasteiger partial charge < -0.3 is 0 Å². The first kappa shape index (κ1) is 10.5. The lowest BCUT2D eigenvalue weighted by molar-refractivity contribution is 0.810. The van der Waals surface area contributed by atoms with E-state index in [4.69, 9.17) is 5.26 Å². The Labute approximate surface area is 84.9 Å². The van der Waals surface area contributed by atoms with Crippen LogP contribution in [-0.2, 0) is 0 Å². The Bertz CT molecular complexity index is 330. The molecule has 0 aliphatic carbocycles. The van der Waals surface area contributed by atoms with Crippen LogP contribution in [0.15, 0.2) is 29.3 Å². The molecule has 1 aromatic rings. The third-order valence-corrected chi connectivity index (χ3v) is 1.92. The second kappa shape index (κ2) is 5.93. The van der Waals surface area contributed by atoms with Gasteiger partial charge in [-0.2, -0.15) is 5.26 Å². The van der Waals surface area contributed by atoms with Gasteiger partial charge in [0.2, 0.25) is 0 Å². The van der Waals surface area contributed by atoms with Gasteiger partial charge in [-0.1, -0.05) is 25.5 Å². The van der Waals surface area contributed by atoms with Crippen molar-refractivity contribution in [2.45, 2.75) is 19.8 Å². The molecule has 0 heterocycles. The van der Waals surface area contributed by atoms with Crippen LogP contribution in [0.2, 0.25) is 0 Å². The van der Waals surface area contributed by atoms with E-state index < -0.39 is 0 Å². The van der Waals surface area contributed by atoms with Gasteiger partial charge in [-0.05, 0) is 24.1 Å². The van der Waals surface area contributed by atoms with Gasteiger partial charge in [-0.3, -0.25) is 4.99 Å². The molecule has 0 saturated heterocycles. The average molecular weight is 186 g/mol. The molecular formula is C12H14N2. The molecule has 0 atom stereocenters. The van der Waals surface area contributed by atoms with Crippen LogP contribution in [0.5, 0.6) is 0 Å². The van der Waals surface area contributed by atoms with Crippen molar-refractivity contribution >= 4 is 6.21 Å². The van der Waals surface area contributed by atoms with E-state index in [1.54, 1.807) is 12.1 Å². The number of unbranched alkanes of at least 4 members (excludes halogenated alkanes) is 1. The molecule has 2 nitrogen and oxygen atoms in total. The number of nitrogens with zero attached hydrogens (tertiary/aromatic N) is 2. The number of hydrogen-bond acceptors (Lipinski definition) is 2. The standard InChI is InChI=1S/C12H14N2/c1-2-3-8-14-10-12-6-4-11(9-13)5-7-12/h4-7,10H,2-3,8H2,1H3/b14-10+. The van der Waals surface area contributed by atoms with E-state index in [9.17, 15) is 0 Å². The third kappa shape index (κ3) is 3.40. The average Bonchev–Trinajstić information content (AvgIpc) is 2.25. The van der Waals surface area contributed by atoms with Crippen LogP contribution in [0, 0.1) is 11.3 Å². The van der Waals surface area contributed by atoms with Gasteiger partial charge in [-0.15, -0.1) is 0 Å². The maximum atomic E-state index is 8.59. The van der Waals surface area contributed by atoms with Crippen LogP contribution < -0.4 is 0 Å². The molecular weight excluding hydrogens is 172 g/mol. The predicted octanol–water partition coefficient (Wildman–Crippen LogP) is 2.78. The highest BCUT2D eigenvalue weighted by Gasteiger charge is 1.89. The molecule has 2 heteroatoms. The summed E-state index contributed by atoms with van der Waals surface area (Å²) in [5, 5.41) is 8.59. The number of hydrogen-bond donors (Lipinski definition) is 0. The fraction of sp³-hybridized carbons (Fsp3) is 0.333. The minimum atomic E-state index is 0.690. The first-order valence-electron chi connectivity index (χ1n) is 4.87. The summed E-state index contributed by atoms with van der Waals surface area (Å²) >= 11 is 0. The lowest BCUT2D eigenvalue weighted by Crippen LogP contribution is -1.84. The number of nitriles is 1. The molecule has 1 rings (SSSR count). The Morgan fingerprint density at radius 1 is 1.36 bits per heavy atom. The smallest absolute Gasteiger partial charge is 0.0991 e. The number of aliphatic imine (C=N–C) groups is 1. The van der Waals surface area contributed by atoms with Gasteiger partial charge in [0, 0.05) is 12.8 Å². The molecule has 0 bridgehead atoms. The van der Waals surface area contributed by atoms with E-state index >= 15 is 0 Å². The van der Waals surface area contributed by atoms with Crippen molar-refractivity contribution < 1.29 is 0 Å². The maximum Gasteiger partial charge on any atom is 0.0991 e. The minimum absolute atomic E-state index is 0.690. The van der Waals surface area contributed by atoms with E-state index in [1.807, 2.05) is 18.3 Å². The molecule has 0 aromatic heterocycles. The Balaban J connectivity index is 2.52. The van der Waals surface area contributed by atoms with Crippen molar-refractivity contribution in [1.29, 1.82) is 5.26 Å². The molecule has 0 aliphatic rings. The highest BCUT2D eigenvalue weighted by atomic mass is 14.7. The van der Waals surface area contributed by atoms with Crippen molar-refractivity contribution in [3.05, 3.63) is 35.4 Å². The summed E-state index contributed by atoms with van der Waals surface area (Å²) in [7, 11) is 0. The zero-order chi connectivity index (χ0) is 10.2. The molecule has 14 heavy (non-hydrogen) atoms. The summed E-state index contributed by atoms with van der Waals surface area (Å²) in [5.74, 6) is 0. The fourth-order valence-electron chi connectivity index (χ4n) is 1.06. The summed E-state index contributed by atoms with van der Waals surface area (Å²) in [6.45, 7) is 3.04. The number of benzene rings is 1. The third-order valence-electron chi connectivity index (χ3n) is 1.92. The summed E-state index contributed by atoms with van der Waals surface area (Å²) in [5.41, 5.74) is 1.75. The van der Waals surface area contributed by atoms with Crippen LogP contribution in [0.1, 0.15) is 30.9 Å². The van der Waals surface area contributed by atoms with Gasteiger partial charge in [0.1, 0.15) is 0 Å². The molecule has 0 spiro atoms. The van der Waals surface area contributed by atoms with E-state index in [1.165, 1.54) is 6.42 Å². The largest absolute Gasteiger partial charge is 0.293 e. The van der Waals surface area contributed by atoms with Crippen molar-refractivity contribution in [2.24, 2.45) is 4.99 Å². The van der Waals surface area contributed by atoms with Gasteiger partial charge in [0.05, 0.1) is 11.6 Å². The van der Waals surface area contributed by atoms with Gasteiger partial charge in [-0.25, -0.2) is 0 Å². The predicted molar refractivity (Wildman–Crippen MR) is 58.5 cm³/mol. The summed E-state index contributed by atoms with van der Waals surface area (Å²) in [4.78, 5) is 4.28. The maximum absolute atomic E-state index is 8.59. The summed E-state index contributed by atoms with van der Waals surface area (Å²) in [6, 6.07) is 9.52.